The Labute approximate surface area is 374 Å². The molecule has 302 valence electrons. The van der Waals surface area contributed by atoms with Crippen molar-refractivity contribution in [1.82, 2.24) is 0 Å². The Morgan fingerprint density at radius 2 is 0.953 bits per heavy atom. The molecule has 14 rings (SSSR count). The van der Waals surface area contributed by atoms with Crippen molar-refractivity contribution < 1.29 is 4.42 Å². The molecule has 11 aromatic rings. The van der Waals surface area contributed by atoms with Crippen LogP contribution in [0.15, 0.2) is 227 Å². The topological polar surface area (TPSA) is 16.4 Å². The van der Waals surface area contributed by atoms with Gasteiger partial charge in [0.05, 0.1) is 11.1 Å². The van der Waals surface area contributed by atoms with Crippen LogP contribution < -0.4 is 4.90 Å². The summed E-state index contributed by atoms with van der Waals surface area (Å²) in [6.07, 6.45) is 4.91. The van der Waals surface area contributed by atoms with Crippen LogP contribution in [0.4, 0.5) is 17.1 Å². The molecule has 0 saturated carbocycles. The van der Waals surface area contributed by atoms with Gasteiger partial charge in [-0.2, -0.15) is 10.0 Å². The molecular formula is C61H41NOS. The lowest BCUT2D eigenvalue weighted by molar-refractivity contribution is 0.673. The van der Waals surface area contributed by atoms with Gasteiger partial charge in [0.2, 0.25) is 0 Å². The van der Waals surface area contributed by atoms with Crippen molar-refractivity contribution in [2.24, 2.45) is 0 Å². The van der Waals surface area contributed by atoms with E-state index in [1.807, 2.05) is 0 Å². The van der Waals surface area contributed by atoms with Gasteiger partial charge in [-0.05, 0) is 127 Å². The first-order chi connectivity index (χ1) is 31.5. The van der Waals surface area contributed by atoms with Crippen molar-refractivity contribution >= 4 is 59.8 Å². The molecule has 64 heavy (non-hydrogen) atoms. The zero-order valence-corrected chi connectivity index (χ0v) is 36.3. The number of anilines is 3. The third kappa shape index (κ3) is 4.66. The molecule has 0 unspecified atom stereocenters. The Morgan fingerprint density at radius 1 is 0.391 bits per heavy atom. The van der Waals surface area contributed by atoms with Crippen LogP contribution in [-0.4, -0.2) is 12.5 Å². The van der Waals surface area contributed by atoms with Crippen LogP contribution in [0.1, 0.15) is 22.3 Å². The van der Waals surface area contributed by atoms with Crippen LogP contribution in [0.3, 0.4) is 0 Å². The molecule has 0 saturated heterocycles. The summed E-state index contributed by atoms with van der Waals surface area (Å²) in [4.78, 5) is 5.37. The normalized spacial score (nSPS) is 14.8. The monoisotopic (exact) mass is 835 g/mol. The van der Waals surface area contributed by atoms with Gasteiger partial charge in [-0.3, -0.25) is 0 Å². The molecular weight excluding hydrogens is 795 g/mol. The van der Waals surface area contributed by atoms with Gasteiger partial charge < -0.3 is 9.32 Å². The zero-order chi connectivity index (χ0) is 42.3. The molecule has 3 aliphatic rings. The molecule has 0 radical (unpaired) electrons. The smallest absolute Gasteiger partial charge is 0.143 e. The molecule has 0 atom stereocenters. The summed E-state index contributed by atoms with van der Waals surface area (Å²) in [5.74, 6) is 0. The fourth-order valence-electron chi connectivity index (χ4n) is 11.8. The Bertz CT molecular complexity index is 3720. The van der Waals surface area contributed by atoms with Crippen LogP contribution in [0.2, 0.25) is 0 Å². The Morgan fingerprint density at radius 3 is 1.67 bits per heavy atom. The Hall–Kier alpha value is -7.59. The van der Waals surface area contributed by atoms with Gasteiger partial charge >= 0.3 is 0 Å². The average Bonchev–Trinajstić information content (AvgIpc) is 4.04. The molecule has 1 spiro atoms. The molecule has 1 aliphatic heterocycles. The molecule has 3 heteroatoms. The maximum atomic E-state index is 7.09. The second kappa shape index (κ2) is 13.0. The summed E-state index contributed by atoms with van der Waals surface area (Å²) in [6.45, 7) is 0. The largest absolute Gasteiger partial charge is 0.455 e. The summed E-state index contributed by atoms with van der Waals surface area (Å²) >= 11 is 0. The first kappa shape index (κ1) is 35.9. The Kier molecular flexibility index (Phi) is 7.29. The lowest BCUT2D eigenvalue weighted by Crippen LogP contribution is -2.26. The van der Waals surface area contributed by atoms with E-state index in [0.29, 0.717) is 0 Å². The van der Waals surface area contributed by atoms with Crippen molar-refractivity contribution in [2.45, 2.75) is 15.2 Å². The standard InChI is InChI=1S/C61H41NOS/c1-64(2)57-27-15-11-23-48(57)49-33-30-41(37-58(49)64)62(42-34-51(38-16-4-3-5-17-38)59-50-31-28-39-18-6-7-19-43(39)60(50)63-56(59)36-42)40-29-32-47-46-22-10-14-26-54(46)61(55(47)35-40)52-24-12-8-20-44(52)45-21-9-13-25-53(45)61/h3-37H,1-2H3. The van der Waals surface area contributed by atoms with Crippen LogP contribution in [-0.2, 0) is 5.41 Å². The van der Waals surface area contributed by atoms with Gasteiger partial charge in [0.15, 0.2) is 0 Å². The van der Waals surface area contributed by atoms with Crippen LogP contribution in [0.5, 0.6) is 0 Å². The number of hydrogen-bond donors (Lipinski definition) is 0. The third-order valence-electron chi connectivity index (χ3n) is 14.5. The molecule has 2 aliphatic carbocycles. The van der Waals surface area contributed by atoms with E-state index in [-0.39, 0.29) is 0 Å². The van der Waals surface area contributed by atoms with E-state index in [1.54, 1.807) is 0 Å². The number of hydrogen-bond acceptors (Lipinski definition) is 2. The van der Waals surface area contributed by atoms with E-state index in [9.17, 15) is 0 Å². The quantitative estimate of drug-likeness (QED) is 0.176. The predicted octanol–water partition coefficient (Wildman–Crippen LogP) is 16.7. The molecule has 0 N–H and O–H groups in total. The van der Waals surface area contributed by atoms with Gasteiger partial charge in [-0.1, -0.05) is 164 Å². The maximum absolute atomic E-state index is 7.09. The van der Waals surface area contributed by atoms with E-state index in [0.717, 1.165) is 55.5 Å². The third-order valence-corrected chi connectivity index (χ3v) is 17.4. The lowest BCUT2D eigenvalue weighted by Gasteiger charge is -2.33. The predicted molar refractivity (Wildman–Crippen MR) is 269 cm³/mol. The second-order valence-corrected chi connectivity index (χ2v) is 21.5. The van der Waals surface area contributed by atoms with E-state index in [4.69, 9.17) is 4.42 Å². The molecule has 0 amide bonds. The van der Waals surface area contributed by atoms with E-state index in [2.05, 4.69) is 230 Å². The highest BCUT2D eigenvalue weighted by atomic mass is 32.3. The minimum absolute atomic E-state index is 0.467. The van der Waals surface area contributed by atoms with Crippen molar-refractivity contribution in [2.75, 3.05) is 17.4 Å². The van der Waals surface area contributed by atoms with Crippen molar-refractivity contribution in [1.29, 1.82) is 0 Å². The highest BCUT2D eigenvalue weighted by Gasteiger charge is 2.51. The minimum Gasteiger partial charge on any atom is -0.455 e. The number of benzene rings is 10. The number of nitrogens with zero attached hydrogens (tertiary/aromatic N) is 1. The lowest BCUT2D eigenvalue weighted by atomic mass is 9.70. The van der Waals surface area contributed by atoms with Gasteiger partial charge in [0.25, 0.3) is 0 Å². The van der Waals surface area contributed by atoms with Crippen LogP contribution in [0, 0.1) is 0 Å². The summed E-state index contributed by atoms with van der Waals surface area (Å²) in [7, 11) is -1.29. The molecule has 0 fully saturated rings. The van der Waals surface area contributed by atoms with E-state index < -0.39 is 15.4 Å². The van der Waals surface area contributed by atoms with Crippen LogP contribution in [0.25, 0.3) is 77.2 Å². The van der Waals surface area contributed by atoms with Gasteiger partial charge in [-0.25, -0.2) is 0 Å². The SMILES string of the molecule is CS1(C)c2ccccc2-c2ccc(N(c3ccc4c(c3)C3(c5ccccc5-c5ccccc53)c3ccccc3-4)c3cc(-c4ccccc4)c4c(c3)oc3c5ccccc5ccc34)cc21. The summed E-state index contributed by atoms with van der Waals surface area (Å²) < 4.78 is 7.09. The maximum Gasteiger partial charge on any atom is 0.143 e. The highest BCUT2D eigenvalue weighted by Crippen LogP contribution is 2.68. The van der Waals surface area contributed by atoms with Crippen LogP contribution >= 0.6 is 10.0 Å². The van der Waals surface area contributed by atoms with Crippen molar-refractivity contribution in [3.8, 4) is 44.5 Å². The van der Waals surface area contributed by atoms with Crippen molar-refractivity contribution in [3.05, 3.63) is 235 Å². The molecule has 10 aromatic carbocycles. The minimum atomic E-state index is -1.29. The first-order valence-corrected chi connectivity index (χ1v) is 24.6. The van der Waals surface area contributed by atoms with E-state index >= 15 is 0 Å². The number of fused-ring (bicyclic) bond motifs is 18. The molecule has 2 nitrogen and oxygen atoms in total. The second-order valence-electron chi connectivity index (χ2n) is 18.0. The summed E-state index contributed by atoms with van der Waals surface area (Å²) in [5, 5.41) is 4.55. The summed E-state index contributed by atoms with van der Waals surface area (Å²) in [5.41, 5.74) is 20.1. The van der Waals surface area contributed by atoms with E-state index in [1.165, 1.54) is 70.8 Å². The Balaban J connectivity index is 1.07. The highest BCUT2D eigenvalue weighted by molar-refractivity contribution is 8.33. The van der Waals surface area contributed by atoms with Gasteiger partial charge in [0, 0.05) is 43.4 Å². The van der Waals surface area contributed by atoms with Gasteiger partial charge in [-0.15, -0.1) is 0 Å². The average molecular weight is 836 g/mol. The first-order valence-electron chi connectivity index (χ1n) is 22.1. The summed E-state index contributed by atoms with van der Waals surface area (Å²) in [6, 6.07) is 79.2. The zero-order valence-electron chi connectivity index (χ0n) is 35.5. The fourth-order valence-corrected chi connectivity index (χ4v) is 14.3. The molecule has 1 aromatic heterocycles. The molecule has 2 heterocycles. The fraction of sp³-hybridized carbons (Fsp3) is 0.0492. The number of rotatable bonds is 4. The van der Waals surface area contributed by atoms with Crippen molar-refractivity contribution in [3.63, 3.8) is 0 Å². The van der Waals surface area contributed by atoms with Gasteiger partial charge in [0.1, 0.15) is 11.2 Å². The number of furan rings is 1. The molecule has 0 bridgehead atoms.